The van der Waals surface area contributed by atoms with Crippen molar-refractivity contribution in [2.45, 2.75) is 6.92 Å². The SMILES string of the molecule is C=C(C)C=CI. The molecule has 0 aromatic rings. The number of hydrogen-bond donors (Lipinski definition) is 0. The molecular formula is C5H7I. The van der Waals surface area contributed by atoms with Crippen LogP contribution in [0.3, 0.4) is 0 Å². The lowest BCUT2D eigenvalue weighted by Crippen LogP contribution is -1.52. The van der Waals surface area contributed by atoms with E-state index in [2.05, 4.69) is 29.2 Å². The highest BCUT2D eigenvalue weighted by Crippen LogP contribution is 1.91. The fraction of sp³-hybridized carbons (Fsp3) is 0.200. The van der Waals surface area contributed by atoms with Gasteiger partial charge in [0.25, 0.3) is 0 Å². The van der Waals surface area contributed by atoms with E-state index < -0.39 is 0 Å². The molecule has 0 nitrogen and oxygen atoms in total. The van der Waals surface area contributed by atoms with E-state index in [0.29, 0.717) is 0 Å². The number of halogens is 1. The van der Waals surface area contributed by atoms with Gasteiger partial charge < -0.3 is 0 Å². The number of allylic oxidation sites excluding steroid dienone is 2. The summed E-state index contributed by atoms with van der Waals surface area (Å²) in [6, 6.07) is 0. The molecule has 0 saturated heterocycles. The Kier molecular flexibility index (Phi) is 3.52. The monoisotopic (exact) mass is 194 g/mol. The first kappa shape index (κ1) is 6.21. The Bertz CT molecular complexity index is 72.0. The normalized spacial score (nSPS) is 9.67. The predicted octanol–water partition coefficient (Wildman–Crippen LogP) is 2.51. The van der Waals surface area contributed by atoms with Crippen LogP contribution < -0.4 is 0 Å². The fourth-order valence-electron chi connectivity index (χ4n) is 0.108. The van der Waals surface area contributed by atoms with Gasteiger partial charge in [-0.1, -0.05) is 40.8 Å². The van der Waals surface area contributed by atoms with E-state index in [0.717, 1.165) is 5.57 Å². The Labute approximate surface area is 52.1 Å². The van der Waals surface area contributed by atoms with Gasteiger partial charge in [0, 0.05) is 0 Å². The van der Waals surface area contributed by atoms with Gasteiger partial charge in [0.15, 0.2) is 0 Å². The summed E-state index contributed by atoms with van der Waals surface area (Å²) < 4.78 is 1.94. The molecule has 0 amide bonds. The van der Waals surface area contributed by atoms with Crippen LogP contribution in [0.25, 0.3) is 0 Å². The third-order valence-corrected chi connectivity index (χ3v) is 0.707. The second-order valence-electron chi connectivity index (χ2n) is 1.14. The second-order valence-corrected chi connectivity index (χ2v) is 1.86. The average molecular weight is 194 g/mol. The minimum Gasteiger partial charge on any atom is -0.0961 e. The highest BCUT2D eigenvalue weighted by Gasteiger charge is 1.64. The highest BCUT2D eigenvalue weighted by atomic mass is 127. The van der Waals surface area contributed by atoms with E-state index in [-0.39, 0.29) is 0 Å². The van der Waals surface area contributed by atoms with E-state index in [1.165, 1.54) is 0 Å². The predicted molar refractivity (Wildman–Crippen MR) is 38.0 cm³/mol. The van der Waals surface area contributed by atoms with Gasteiger partial charge >= 0.3 is 0 Å². The van der Waals surface area contributed by atoms with Crippen molar-refractivity contribution in [1.82, 2.24) is 0 Å². The molecule has 0 bridgehead atoms. The molecule has 0 aliphatic rings. The molecule has 34 valence electrons. The Balaban J connectivity index is 3.30. The van der Waals surface area contributed by atoms with Crippen LogP contribution >= 0.6 is 22.6 Å². The first-order valence-corrected chi connectivity index (χ1v) is 2.94. The van der Waals surface area contributed by atoms with Gasteiger partial charge in [-0.15, -0.1) is 0 Å². The summed E-state index contributed by atoms with van der Waals surface area (Å²) in [6.07, 6.45) is 1.96. The minimum absolute atomic E-state index is 1.10. The number of rotatable bonds is 1. The van der Waals surface area contributed by atoms with E-state index in [1.807, 2.05) is 17.1 Å². The van der Waals surface area contributed by atoms with Crippen LogP contribution in [0.4, 0.5) is 0 Å². The van der Waals surface area contributed by atoms with E-state index in [1.54, 1.807) is 0 Å². The topological polar surface area (TPSA) is 0 Å². The van der Waals surface area contributed by atoms with E-state index in [9.17, 15) is 0 Å². The van der Waals surface area contributed by atoms with Gasteiger partial charge in [-0.25, -0.2) is 0 Å². The van der Waals surface area contributed by atoms with Crippen LogP contribution in [0.15, 0.2) is 22.3 Å². The van der Waals surface area contributed by atoms with Crippen LogP contribution in [0.2, 0.25) is 0 Å². The molecule has 0 heterocycles. The van der Waals surface area contributed by atoms with Gasteiger partial charge in [0.05, 0.1) is 0 Å². The van der Waals surface area contributed by atoms with E-state index in [4.69, 9.17) is 0 Å². The summed E-state index contributed by atoms with van der Waals surface area (Å²) in [4.78, 5) is 0. The lowest BCUT2D eigenvalue weighted by molar-refractivity contribution is 1.58. The van der Waals surface area contributed by atoms with Gasteiger partial charge in [-0.05, 0) is 11.0 Å². The Morgan fingerprint density at radius 1 is 1.83 bits per heavy atom. The standard InChI is InChI=1S/C5H7I/c1-5(2)3-4-6/h3-4H,1H2,2H3. The average Bonchev–Trinajstić information content (AvgIpc) is 1.35. The van der Waals surface area contributed by atoms with Crippen molar-refractivity contribution < 1.29 is 0 Å². The van der Waals surface area contributed by atoms with Gasteiger partial charge in [0.1, 0.15) is 0 Å². The molecule has 0 spiro atoms. The molecule has 0 aliphatic heterocycles. The number of hydrogen-bond acceptors (Lipinski definition) is 0. The van der Waals surface area contributed by atoms with E-state index >= 15 is 0 Å². The largest absolute Gasteiger partial charge is 0.0961 e. The molecule has 0 aromatic carbocycles. The van der Waals surface area contributed by atoms with Crippen molar-refractivity contribution in [1.29, 1.82) is 0 Å². The van der Waals surface area contributed by atoms with Crippen LogP contribution in [-0.2, 0) is 0 Å². The maximum absolute atomic E-state index is 3.65. The van der Waals surface area contributed by atoms with Crippen molar-refractivity contribution in [2.75, 3.05) is 0 Å². The molecule has 0 rings (SSSR count). The van der Waals surface area contributed by atoms with Crippen molar-refractivity contribution in [3.8, 4) is 0 Å². The fourth-order valence-corrected chi connectivity index (χ4v) is 0.721. The zero-order chi connectivity index (χ0) is 4.99. The second kappa shape index (κ2) is 3.40. The maximum Gasteiger partial charge on any atom is -0.0231 e. The summed E-state index contributed by atoms with van der Waals surface area (Å²) >= 11 is 2.16. The van der Waals surface area contributed by atoms with Gasteiger partial charge in [-0.2, -0.15) is 0 Å². The minimum atomic E-state index is 1.10. The maximum atomic E-state index is 3.65. The molecular weight excluding hydrogens is 187 g/mol. The zero-order valence-corrected chi connectivity index (χ0v) is 5.90. The van der Waals surface area contributed by atoms with Crippen molar-refractivity contribution in [3.63, 3.8) is 0 Å². The zero-order valence-electron chi connectivity index (χ0n) is 3.74. The molecule has 0 aromatic heterocycles. The smallest absolute Gasteiger partial charge is 0.0231 e. The molecule has 0 aliphatic carbocycles. The third-order valence-electron chi connectivity index (χ3n) is 0.348. The van der Waals surface area contributed by atoms with Gasteiger partial charge in [-0.3, -0.25) is 0 Å². The molecule has 6 heavy (non-hydrogen) atoms. The lowest BCUT2D eigenvalue weighted by atomic mass is 10.4. The van der Waals surface area contributed by atoms with Crippen LogP contribution in [-0.4, -0.2) is 0 Å². The third kappa shape index (κ3) is 4.21. The molecule has 0 saturated carbocycles. The Morgan fingerprint density at radius 3 is 2.33 bits per heavy atom. The molecule has 1 heteroatoms. The van der Waals surface area contributed by atoms with Crippen molar-refractivity contribution in [2.24, 2.45) is 0 Å². The first-order chi connectivity index (χ1) is 2.77. The van der Waals surface area contributed by atoms with Crippen LogP contribution in [0, 0.1) is 0 Å². The summed E-state index contributed by atoms with van der Waals surface area (Å²) in [5.74, 6) is 0. The molecule has 0 atom stereocenters. The molecule has 0 unspecified atom stereocenters. The summed E-state index contributed by atoms with van der Waals surface area (Å²) in [5, 5.41) is 0. The molecule has 0 N–H and O–H groups in total. The van der Waals surface area contributed by atoms with Crippen LogP contribution in [0.1, 0.15) is 6.92 Å². The quantitative estimate of drug-likeness (QED) is 0.444. The van der Waals surface area contributed by atoms with Crippen molar-refractivity contribution in [3.05, 3.63) is 22.3 Å². The molecule has 0 fully saturated rings. The Morgan fingerprint density at radius 2 is 2.33 bits per heavy atom. The van der Waals surface area contributed by atoms with Crippen molar-refractivity contribution >= 4 is 22.6 Å². The first-order valence-electron chi connectivity index (χ1n) is 1.69. The summed E-state index contributed by atoms with van der Waals surface area (Å²) in [7, 11) is 0. The Hall–Kier alpha value is 0.210. The summed E-state index contributed by atoms with van der Waals surface area (Å²) in [5.41, 5.74) is 1.10. The summed E-state index contributed by atoms with van der Waals surface area (Å²) in [6.45, 7) is 5.62. The highest BCUT2D eigenvalue weighted by molar-refractivity contribution is 14.1. The van der Waals surface area contributed by atoms with Crippen LogP contribution in [0.5, 0.6) is 0 Å². The lowest BCUT2D eigenvalue weighted by Gasteiger charge is -1.75. The molecule has 0 radical (unpaired) electrons. The van der Waals surface area contributed by atoms with Gasteiger partial charge in [0.2, 0.25) is 0 Å².